The van der Waals surface area contributed by atoms with Gasteiger partial charge in [-0.2, -0.15) is 0 Å². The molecule has 1 N–H and O–H groups in total. The molecule has 5 rings (SSSR count). The smallest absolute Gasteiger partial charge is 0.748 e. The molecule has 3 amide bonds. The average Bonchev–Trinajstić information content (AvgIpc) is 3.64. The minimum Gasteiger partial charge on any atom is -0.748 e. The summed E-state index contributed by atoms with van der Waals surface area (Å²) in [7, 11) is -8.98. The van der Waals surface area contributed by atoms with Crippen LogP contribution in [-0.4, -0.2) is 79.7 Å². The number of nitrogens with one attached hydrogen (secondary N) is 1. The van der Waals surface area contributed by atoms with Crippen molar-refractivity contribution < 1.29 is 96.3 Å². The third-order valence-corrected chi connectivity index (χ3v) is 11.7. The van der Waals surface area contributed by atoms with Crippen LogP contribution in [0.5, 0.6) is 0 Å². The number of aromatic nitrogens is 1. The SMILES string of the molecule is CC1(C)C(/C=C/C=C/C=C2\N(CCCCCC(=O)NCCN3C(=O)C=CC3=O)c3ccc(S(=O)(=O)[O-])cc3C2(C)C)=Nc2c1ccc[n+]2CCCS(=O)(=O)[O-].[K+]. The Kier molecular flexibility index (Phi) is 15.2. The number of aryl methyl sites for hydroxylation is 1. The molecule has 3 aliphatic rings. The van der Waals surface area contributed by atoms with Crippen LogP contribution in [0.3, 0.4) is 0 Å². The first-order valence-corrected chi connectivity index (χ1v) is 21.1. The van der Waals surface area contributed by atoms with Crippen LogP contribution in [0, 0.1) is 0 Å². The number of hydrogen-bond donors (Lipinski definition) is 1. The summed E-state index contributed by atoms with van der Waals surface area (Å²) in [6.07, 6.45) is 16.3. The molecule has 0 spiro atoms. The summed E-state index contributed by atoms with van der Waals surface area (Å²) in [5, 5.41) is 2.75. The molecule has 1 aromatic heterocycles. The number of nitrogens with zero attached hydrogens (tertiary/aromatic N) is 4. The number of carbonyl (C=O) groups excluding carboxylic acids is 3. The summed E-state index contributed by atoms with van der Waals surface area (Å²) in [6, 6.07) is 8.30. The van der Waals surface area contributed by atoms with Crippen LogP contribution >= 0.6 is 0 Å². The van der Waals surface area contributed by atoms with Gasteiger partial charge >= 0.3 is 57.2 Å². The molecule has 4 heterocycles. The van der Waals surface area contributed by atoms with Crippen LogP contribution in [0.15, 0.2) is 94.6 Å². The molecule has 294 valence electrons. The van der Waals surface area contributed by atoms with E-state index in [0.717, 1.165) is 40.4 Å². The molecule has 0 saturated carbocycles. The van der Waals surface area contributed by atoms with Gasteiger partial charge in [-0.1, -0.05) is 38.5 Å². The number of anilines is 1. The number of aliphatic imine (C=N–C) groups is 1. The molecular formula is C39H46KN5O9S2. The quantitative estimate of drug-likeness (QED) is 0.0588. The number of allylic oxidation sites excluding steroid dienone is 6. The Morgan fingerprint density at radius 2 is 1.59 bits per heavy atom. The largest absolute Gasteiger partial charge is 1.00 e. The number of unbranched alkanes of at least 4 members (excludes halogenated alkanes) is 2. The Labute approximate surface area is 371 Å². The summed E-state index contributed by atoms with van der Waals surface area (Å²) in [4.78, 5) is 43.5. The predicted octanol–water partition coefficient (Wildman–Crippen LogP) is 0.577. The van der Waals surface area contributed by atoms with Crippen molar-refractivity contribution in [3.63, 3.8) is 0 Å². The molecule has 1 aromatic carbocycles. The minimum atomic E-state index is -4.67. The van der Waals surface area contributed by atoms with E-state index in [1.807, 2.05) is 67.1 Å². The fraction of sp³-hybridized carbons (Fsp3) is 0.410. The molecule has 0 saturated heterocycles. The van der Waals surface area contributed by atoms with Gasteiger partial charge in [0.2, 0.25) is 5.91 Å². The summed E-state index contributed by atoms with van der Waals surface area (Å²) in [6.45, 7) is 9.26. The van der Waals surface area contributed by atoms with Crippen molar-refractivity contribution in [1.29, 1.82) is 0 Å². The van der Waals surface area contributed by atoms with E-state index in [4.69, 9.17) is 4.99 Å². The first kappa shape index (κ1) is 45.6. The van der Waals surface area contributed by atoms with E-state index < -0.39 is 48.6 Å². The summed E-state index contributed by atoms with van der Waals surface area (Å²) in [5.41, 5.74) is 3.13. The van der Waals surface area contributed by atoms with Crippen molar-refractivity contribution in [2.24, 2.45) is 4.99 Å². The van der Waals surface area contributed by atoms with Crippen molar-refractivity contribution in [2.45, 2.75) is 82.1 Å². The molecule has 56 heavy (non-hydrogen) atoms. The average molecular weight is 832 g/mol. The number of hydrogen-bond acceptors (Lipinski definition) is 11. The fourth-order valence-corrected chi connectivity index (χ4v) is 8.05. The normalized spacial score (nSPS) is 17.9. The second-order valence-corrected chi connectivity index (χ2v) is 17.6. The molecule has 17 heteroatoms. The Morgan fingerprint density at radius 1 is 0.875 bits per heavy atom. The van der Waals surface area contributed by atoms with Gasteiger partial charge in [-0.15, -0.1) is 0 Å². The second kappa shape index (κ2) is 18.6. The topological polar surface area (TPSA) is 200 Å². The number of amides is 3. The molecule has 0 aliphatic carbocycles. The molecule has 0 bridgehead atoms. The van der Waals surface area contributed by atoms with Gasteiger partial charge in [0.15, 0.2) is 5.71 Å². The Balaban J connectivity index is 0.00000696. The number of imide groups is 1. The standard InChI is InChI=1S/C39H47N5O9S2.K/c1-38(2)29-13-11-22-42(23-12-26-54(48,49)50)37(29)41-32(38)14-7-5-8-15-33-39(3,4)30-27-28(55(51,52)53)17-18-31(30)43(33)24-10-6-9-16-34(45)40-21-25-44-35(46)19-20-36(44)47;/h5,7-8,11,13-15,17-20,22,27H,6,9-10,12,16,21,23-26H2,1-4H3,(H2-,40,45,48,49,50,51,52,53);/q;+1/p-1. The van der Waals surface area contributed by atoms with E-state index in [1.54, 1.807) is 6.07 Å². The van der Waals surface area contributed by atoms with Crippen LogP contribution in [-0.2, 0) is 52.0 Å². The van der Waals surface area contributed by atoms with E-state index in [1.165, 1.54) is 24.3 Å². The van der Waals surface area contributed by atoms with Crippen LogP contribution in [0.2, 0.25) is 0 Å². The van der Waals surface area contributed by atoms with Gasteiger partial charge in [0, 0.05) is 60.8 Å². The van der Waals surface area contributed by atoms with Crippen LogP contribution in [0.4, 0.5) is 11.5 Å². The maximum Gasteiger partial charge on any atom is 1.00 e. The van der Waals surface area contributed by atoms with Crippen molar-refractivity contribution in [1.82, 2.24) is 10.2 Å². The fourth-order valence-electron chi connectivity index (χ4n) is 7.07. The molecule has 0 atom stereocenters. The zero-order valence-corrected chi connectivity index (χ0v) is 37.1. The van der Waals surface area contributed by atoms with Crippen LogP contribution in [0.25, 0.3) is 0 Å². The molecule has 0 radical (unpaired) electrons. The van der Waals surface area contributed by atoms with E-state index in [-0.39, 0.29) is 88.1 Å². The second-order valence-electron chi connectivity index (χ2n) is 14.7. The van der Waals surface area contributed by atoms with Crippen LogP contribution < -0.4 is 66.2 Å². The van der Waals surface area contributed by atoms with Gasteiger partial charge in [-0.05, 0) is 86.1 Å². The Hall–Kier alpha value is -3.13. The monoisotopic (exact) mass is 831 g/mol. The summed E-state index contributed by atoms with van der Waals surface area (Å²) in [5.74, 6) is -0.693. The summed E-state index contributed by atoms with van der Waals surface area (Å²) < 4.78 is 71.0. The van der Waals surface area contributed by atoms with Crippen molar-refractivity contribution in [3.05, 3.63) is 95.9 Å². The van der Waals surface area contributed by atoms with Crippen molar-refractivity contribution in [3.8, 4) is 0 Å². The van der Waals surface area contributed by atoms with Gasteiger partial charge in [0.25, 0.3) is 11.8 Å². The number of pyridine rings is 1. The van der Waals surface area contributed by atoms with Gasteiger partial charge in [0.1, 0.15) is 10.1 Å². The zero-order chi connectivity index (χ0) is 40.2. The van der Waals surface area contributed by atoms with E-state index in [2.05, 4.69) is 24.1 Å². The number of carbonyl (C=O) groups is 3. The van der Waals surface area contributed by atoms with Gasteiger partial charge in [-0.3, -0.25) is 19.3 Å². The Morgan fingerprint density at radius 3 is 2.27 bits per heavy atom. The van der Waals surface area contributed by atoms with E-state index in [0.29, 0.717) is 30.9 Å². The molecule has 3 aliphatic heterocycles. The molecular weight excluding hydrogens is 786 g/mol. The maximum absolute atomic E-state index is 12.4. The molecule has 2 aromatic rings. The van der Waals surface area contributed by atoms with Gasteiger partial charge in [0.05, 0.1) is 38.7 Å². The predicted molar refractivity (Wildman–Crippen MR) is 204 cm³/mol. The number of fused-ring (bicyclic) bond motifs is 2. The third-order valence-electron chi connectivity index (χ3n) is 10.1. The van der Waals surface area contributed by atoms with Crippen molar-refractivity contribution >= 4 is 55.2 Å². The van der Waals surface area contributed by atoms with Gasteiger partial charge < -0.3 is 19.3 Å². The first-order chi connectivity index (χ1) is 25.8. The minimum absolute atomic E-state index is 0. The van der Waals surface area contributed by atoms with Gasteiger partial charge in [-0.25, -0.2) is 21.4 Å². The molecule has 14 nitrogen and oxygen atoms in total. The number of rotatable bonds is 17. The van der Waals surface area contributed by atoms with Crippen molar-refractivity contribution in [2.75, 3.05) is 30.3 Å². The molecule has 0 unspecified atom stereocenters. The first-order valence-electron chi connectivity index (χ1n) is 18.1. The number of benzene rings is 1. The van der Waals surface area contributed by atoms with Crippen LogP contribution in [0.1, 0.15) is 70.9 Å². The maximum atomic E-state index is 12.4. The van der Waals surface area contributed by atoms with E-state index in [9.17, 15) is 40.3 Å². The Bertz CT molecular complexity index is 2230. The zero-order valence-electron chi connectivity index (χ0n) is 32.4. The molecule has 0 fully saturated rings. The summed E-state index contributed by atoms with van der Waals surface area (Å²) >= 11 is 0. The van der Waals surface area contributed by atoms with E-state index >= 15 is 0 Å². The third kappa shape index (κ3) is 10.9.